The van der Waals surface area contributed by atoms with Crippen molar-refractivity contribution in [3.63, 3.8) is 0 Å². The summed E-state index contributed by atoms with van der Waals surface area (Å²) in [5.74, 6) is -0.262. The Hall–Kier alpha value is -1.92. The number of nitrogens with one attached hydrogen (secondary N) is 1. The highest BCUT2D eigenvalue weighted by Crippen LogP contribution is 2.16. The largest absolute Gasteiger partial charge is 0.369 e. The minimum absolute atomic E-state index is 0.0436. The highest BCUT2D eigenvalue weighted by atomic mass is 16.5. The van der Waals surface area contributed by atoms with Crippen LogP contribution in [0.15, 0.2) is 30.3 Å². The van der Waals surface area contributed by atoms with Crippen LogP contribution < -0.4 is 5.32 Å². The van der Waals surface area contributed by atoms with E-state index in [0.717, 1.165) is 18.5 Å². The first kappa shape index (κ1) is 16.9. The molecule has 6 nitrogen and oxygen atoms in total. The molecule has 3 rings (SSSR count). The molecular weight excluding hydrogens is 306 g/mol. The molecule has 2 unspecified atom stereocenters. The Bertz CT molecular complexity index is 578. The first-order valence-electron chi connectivity index (χ1n) is 8.54. The van der Waals surface area contributed by atoms with Crippen LogP contribution in [-0.2, 0) is 20.9 Å². The molecule has 2 aliphatic rings. The summed E-state index contributed by atoms with van der Waals surface area (Å²) in [6.45, 7) is 2.43. The Kier molecular flexibility index (Phi) is 5.48. The molecule has 2 saturated heterocycles. The van der Waals surface area contributed by atoms with Gasteiger partial charge in [0.15, 0.2) is 0 Å². The number of benzene rings is 1. The molecule has 2 aliphatic heterocycles. The zero-order valence-electron chi connectivity index (χ0n) is 14.1. The van der Waals surface area contributed by atoms with E-state index in [2.05, 4.69) is 17.3 Å². The molecule has 2 heterocycles. The number of carbonyl (C=O) groups excluding carboxylic acids is 2. The van der Waals surface area contributed by atoms with Crippen LogP contribution in [0.1, 0.15) is 18.4 Å². The molecule has 2 amide bonds. The number of nitrogens with zero attached hydrogens (tertiary/aromatic N) is 2. The summed E-state index contributed by atoms with van der Waals surface area (Å²) in [7, 11) is 2.08. The van der Waals surface area contributed by atoms with Gasteiger partial charge >= 0.3 is 0 Å². The number of carbonyl (C=O) groups is 2. The fourth-order valence-corrected chi connectivity index (χ4v) is 3.37. The Balaban J connectivity index is 1.62. The van der Waals surface area contributed by atoms with E-state index in [4.69, 9.17) is 4.74 Å². The fraction of sp³-hybridized carbons (Fsp3) is 0.556. The summed E-state index contributed by atoms with van der Waals surface area (Å²) in [5.41, 5.74) is 1.01. The number of likely N-dealkylation sites (N-methyl/N-ethyl adjacent to an activating group) is 1. The van der Waals surface area contributed by atoms with Crippen LogP contribution in [0.5, 0.6) is 0 Å². The summed E-state index contributed by atoms with van der Waals surface area (Å²) in [4.78, 5) is 28.7. The third-order valence-electron chi connectivity index (χ3n) is 4.88. The number of rotatable bonds is 5. The van der Waals surface area contributed by atoms with E-state index in [0.29, 0.717) is 19.1 Å². The molecule has 1 aromatic carbocycles. The van der Waals surface area contributed by atoms with Gasteiger partial charge in [-0.3, -0.25) is 9.59 Å². The van der Waals surface area contributed by atoms with Gasteiger partial charge in [0.2, 0.25) is 11.8 Å². The maximum absolute atomic E-state index is 12.6. The Morgan fingerprint density at radius 2 is 2.12 bits per heavy atom. The first-order valence-corrected chi connectivity index (χ1v) is 8.54. The van der Waals surface area contributed by atoms with Gasteiger partial charge in [-0.15, -0.1) is 0 Å². The molecule has 24 heavy (non-hydrogen) atoms. The van der Waals surface area contributed by atoms with Gasteiger partial charge in [0.05, 0.1) is 6.61 Å². The second-order valence-electron chi connectivity index (χ2n) is 6.56. The Morgan fingerprint density at radius 3 is 2.83 bits per heavy atom. The summed E-state index contributed by atoms with van der Waals surface area (Å²) >= 11 is 0. The highest BCUT2D eigenvalue weighted by molar-refractivity contribution is 5.89. The van der Waals surface area contributed by atoms with Crippen LogP contribution in [0.25, 0.3) is 0 Å². The zero-order valence-corrected chi connectivity index (χ0v) is 14.1. The maximum Gasteiger partial charge on any atom is 0.249 e. The van der Waals surface area contributed by atoms with Gasteiger partial charge in [0, 0.05) is 19.1 Å². The van der Waals surface area contributed by atoms with Crippen molar-refractivity contribution in [2.75, 3.05) is 33.4 Å². The number of likely N-dealkylation sites (tertiary alicyclic amines) is 1. The summed E-state index contributed by atoms with van der Waals surface area (Å²) in [6.07, 6.45) is 2.27. The van der Waals surface area contributed by atoms with Crippen molar-refractivity contribution in [3.05, 3.63) is 35.9 Å². The second kappa shape index (κ2) is 7.77. The van der Waals surface area contributed by atoms with Crippen LogP contribution in [0.3, 0.4) is 0 Å². The third-order valence-corrected chi connectivity index (χ3v) is 4.88. The zero-order chi connectivity index (χ0) is 16.9. The molecular formula is C18H25N3O3. The van der Waals surface area contributed by atoms with Crippen LogP contribution in [0.2, 0.25) is 0 Å². The van der Waals surface area contributed by atoms with Gasteiger partial charge in [0.1, 0.15) is 12.6 Å². The normalized spacial score (nSPS) is 25.0. The molecule has 0 saturated carbocycles. The molecule has 0 spiro atoms. The lowest BCUT2D eigenvalue weighted by atomic mass is 10.1. The minimum Gasteiger partial charge on any atom is -0.369 e. The van der Waals surface area contributed by atoms with E-state index < -0.39 is 6.04 Å². The van der Waals surface area contributed by atoms with Gasteiger partial charge in [-0.2, -0.15) is 0 Å². The summed E-state index contributed by atoms with van der Waals surface area (Å²) < 4.78 is 5.31. The van der Waals surface area contributed by atoms with Crippen molar-refractivity contribution < 1.29 is 14.3 Å². The quantitative estimate of drug-likeness (QED) is 0.859. The molecule has 2 atom stereocenters. The van der Waals surface area contributed by atoms with Crippen molar-refractivity contribution >= 4 is 11.8 Å². The predicted molar refractivity (Wildman–Crippen MR) is 90.3 cm³/mol. The number of hydrogen-bond donors (Lipinski definition) is 1. The van der Waals surface area contributed by atoms with E-state index in [9.17, 15) is 9.59 Å². The molecule has 1 aromatic rings. The standard InChI is InChI=1S/C18H25N3O3/c1-20-9-5-8-15(20)10-19-18(23)16-12-24-13-17(22)21(16)11-14-6-3-2-4-7-14/h2-4,6-7,15-16H,5,8-13H2,1H3,(H,19,23). The summed E-state index contributed by atoms with van der Waals surface area (Å²) in [6, 6.07) is 9.56. The fourth-order valence-electron chi connectivity index (χ4n) is 3.37. The predicted octanol–water partition coefficient (Wildman–Crippen LogP) is 0.624. The smallest absolute Gasteiger partial charge is 0.249 e. The van der Waals surface area contributed by atoms with E-state index in [1.54, 1.807) is 4.90 Å². The number of morpholine rings is 1. The lowest BCUT2D eigenvalue weighted by Crippen LogP contribution is -2.56. The van der Waals surface area contributed by atoms with E-state index >= 15 is 0 Å². The molecule has 130 valence electrons. The Morgan fingerprint density at radius 1 is 1.33 bits per heavy atom. The van der Waals surface area contributed by atoms with Crippen LogP contribution in [0, 0.1) is 0 Å². The highest BCUT2D eigenvalue weighted by Gasteiger charge is 2.34. The monoisotopic (exact) mass is 331 g/mol. The van der Waals surface area contributed by atoms with E-state index in [-0.39, 0.29) is 25.0 Å². The van der Waals surface area contributed by atoms with Crippen LogP contribution in [0.4, 0.5) is 0 Å². The SMILES string of the molecule is CN1CCCC1CNC(=O)C1COCC(=O)N1Cc1ccccc1. The molecule has 1 N–H and O–H groups in total. The number of hydrogen-bond acceptors (Lipinski definition) is 4. The molecule has 0 aromatic heterocycles. The van der Waals surface area contributed by atoms with Crippen molar-refractivity contribution in [3.8, 4) is 0 Å². The van der Waals surface area contributed by atoms with Crippen molar-refractivity contribution in [2.24, 2.45) is 0 Å². The first-order chi connectivity index (χ1) is 11.6. The van der Waals surface area contributed by atoms with Gasteiger partial charge in [-0.05, 0) is 32.0 Å². The van der Waals surface area contributed by atoms with Crippen LogP contribution in [-0.4, -0.2) is 67.0 Å². The lowest BCUT2D eigenvalue weighted by Gasteiger charge is -2.35. The molecule has 0 bridgehead atoms. The van der Waals surface area contributed by atoms with Gasteiger partial charge in [-0.25, -0.2) is 0 Å². The van der Waals surface area contributed by atoms with E-state index in [1.807, 2.05) is 30.3 Å². The van der Waals surface area contributed by atoms with Crippen LogP contribution >= 0.6 is 0 Å². The van der Waals surface area contributed by atoms with Gasteiger partial charge < -0.3 is 19.9 Å². The Labute approximate surface area is 142 Å². The van der Waals surface area contributed by atoms with Gasteiger partial charge in [-0.1, -0.05) is 30.3 Å². The lowest BCUT2D eigenvalue weighted by molar-refractivity contribution is -0.155. The molecule has 2 fully saturated rings. The number of amides is 2. The van der Waals surface area contributed by atoms with Crippen molar-refractivity contribution in [1.29, 1.82) is 0 Å². The van der Waals surface area contributed by atoms with Crippen molar-refractivity contribution in [1.82, 2.24) is 15.1 Å². The number of ether oxygens (including phenoxy) is 1. The van der Waals surface area contributed by atoms with E-state index in [1.165, 1.54) is 6.42 Å². The maximum atomic E-state index is 12.6. The minimum atomic E-state index is -0.557. The summed E-state index contributed by atoms with van der Waals surface area (Å²) in [5, 5.41) is 3.01. The van der Waals surface area contributed by atoms with Crippen molar-refractivity contribution in [2.45, 2.75) is 31.5 Å². The average Bonchev–Trinajstić information content (AvgIpc) is 3.00. The topological polar surface area (TPSA) is 61.9 Å². The molecule has 6 heteroatoms. The average molecular weight is 331 g/mol. The third kappa shape index (κ3) is 3.94. The molecule has 0 aliphatic carbocycles. The molecule has 0 radical (unpaired) electrons. The van der Waals surface area contributed by atoms with Gasteiger partial charge in [0.25, 0.3) is 0 Å². The second-order valence-corrected chi connectivity index (χ2v) is 6.56.